The highest BCUT2D eigenvalue weighted by molar-refractivity contribution is 5.86. The quantitative estimate of drug-likeness (QED) is 0.873. The van der Waals surface area contributed by atoms with Crippen LogP contribution in [-0.2, 0) is 11.2 Å². The van der Waals surface area contributed by atoms with Crippen LogP contribution in [0.25, 0.3) is 10.9 Å². The summed E-state index contributed by atoms with van der Waals surface area (Å²) in [6, 6.07) is 8.02. The second-order valence-corrected chi connectivity index (χ2v) is 6.79. The number of aromatic amines is 1. The number of aromatic nitrogens is 1. The Labute approximate surface area is 148 Å². The minimum absolute atomic E-state index is 0.0804. The Morgan fingerprint density at radius 2 is 2.36 bits per heavy atom. The van der Waals surface area contributed by atoms with Crippen molar-refractivity contribution in [2.24, 2.45) is 5.92 Å². The average Bonchev–Trinajstić information content (AvgIpc) is 3.26. The third-order valence-corrected chi connectivity index (χ3v) is 4.84. The fourth-order valence-electron chi connectivity index (χ4n) is 3.50. The summed E-state index contributed by atoms with van der Waals surface area (Å²) in [6.45, 7) is 5.43. The molecule has 1 aromatic carbocycles. The Hall–Kier alpha value is -2.48. The minimum atomic E-state index is -0.257. The summed E-state index contributed by atoms with van der Waals surface area (Å²) in [5, 5.41) is 10.3. The molecule has 0 radical (unpaired) electrons. The van der Waals surface area contributed by atoms with Gasteiger partial charge in [-0.15, -0.1) is 0 Å². The summed E-state index contributed by atoms with van der Waals surface area (Å²) in [4.78, 5) is 17.7. The maximum atomic E-state index is 12.7. The zero-order valence-electron chi connectivity index (χ0n) is 14.9. The molecule has 3 rings (SSSR count). The summed E-state index contributed by atoms with van der Waals surface area (Å²) < 4.78 is 5.72. The van der Waals surface area contributed by atoms with Gasteiger partial charge < -0.3 is 14.6 Å². The van der Waals surface area contributed by atoms with Gasteiger partial charge >= 0.3 is 0 Å². The van der Waals surface area contributed by atoms with Crippen LogP contribution in [0.5, 0.6) is 5.75 Å². The molecule has 0 spiro atoms. The minimum Gasteiger partial charge on any atom is -0.494 e. The molecule has 1 saturated heterocycles. The van der Waals surface area contributed by atoms with Crippen LogP contribution in [0.15, 0.2) is 24.4 Å². The zero-order chi connectivity index (χ0) is 17.8. The molecule has 1 fully saturated rings. The van der Waals surface area contributed by atoms with Crippen molar-refractivity contribution in [2.75, 3.05) is 13.2 Å². The number of rotatable bonds is 6. The average molecular weight is 339 g/mol. The Balaban J connectivity index is 1.75. The first-order chi connectivity index (χ1) is 12.1. The lowest BCUT2D eigenvalue weighted by atomic mass is 9.99. The number of benzene rings is 1. The number of ether oxygens (including phenoxy) is 1. The molecule has 1 aromatic heterocycles. The number of hydrogen-bond acceptors (Lipinski definition) is 3. The van der Waals surface area contributed by atoms with Crippen LogP contribution >= 0.6 is 0 Å². The summed E-state index contributed by atoms with van der Waals surface area (Å²) in [7, 11) is 0. The van der Waals surface area contributed by atoms with E-state index < -0.39 is 0 Å². The molecule has 1 aliphatic rings. The van der Waals surface area contributed by atoms with Crippen molar-refractivity contribution in [1.82, 2.24) is 9.88 Å². The fourth-order valence-corrected chi connectivity index (χ4v) is 3.50. The van der Waals surface area contributed by atoms with E-state index in [1.54, 1.807) is 4.90 Å². The topological polar surface area (TPSA) is 69.1 Å². The standard InChI is InChI=1S/C20H25N3O2/c1-3-9-25-17-6-7-19-18(11-17)15(13-22-19)10-14(2)20(24)23-8-4-5-16(23)12-21/h6-7,11,13-14,16,22H,3-5,8-10H2,1-2H3/t14-,16-/m0/s1. The van der Waals surface area contributed by atoms with Gasteiger partial charge in [-0.05, 0) is 49.4 Å². The van der Waals surface area contributed by atoms with Crippen LogP contribution in [0, 0.1) is 17.2 Å². The summed E-state index contributed by atoms with van der Waals surface area (Å²) in [5.41, 5.74) is 2.17. The van der Waals surface area contributed by atoms with Gasteiger partial charge in [0.15, 0.2) is 0 Å². The maximum absolute atomic E-state index is 12.7. The number of amides is 1. The van der Waals surface area contributed by atoms with Gasteiger partial charge in [0.25, 0.3) is 0 Å². The molecule has 0 unspecified atom stereocenters. The van der Waals surface area contributed by atoms with E-state index in [0.29, 0.717) is 19.6 Å². The number of H-pyrrole nitrogens is 1. The van der Waals surface area contributed by atoms with E-state index in [1.807, 2.05) is 31.3 Å². The van der Waals surface area contributed by atoms with E-state index >= 15 is 0 Å². The first-order valence-electron chi connectivity index (χ1n) is 9.07. The number of nitrogens with one attached hydrogen (secondary N) is 1. The van der Waals surface area contributed by atoms with E-state index in [9.17, 15) is 10.1 Å². The lowest BCUT2D eigenvalue weighted by molar-refractivity contribution is -0.134. The molecule has 2 aromatic rings. The lowest BCUT2D eigenvalue weighted by Crippen LogP contribution is -2.38. The maximum Gasteiger partial charge on any atom is 0.226 e. The van der Waals surface area contributed by atoms with Crippen LogP contribution in [0.3, 0.4) is 0 Å². The normalized spacial score (nSPS) is 18.3. The second kappa shape index (κ2) is 7.60. The van der Waals surface area contributed by atoms with Gasteiger partial charge in [-0.3, -0.25) is 4.79 Å². The number of likely N-dealkylation sites (tertiary alicyclic amines) is 1. The fraction of sp³-hybridized carbons (Fsp3) is 0.500. The SMILES string of the molecule is CCCOc1ccc2[nH]cc(C[C@H](C)C(=O)N3CCC[C@H]3C#N)c2c1. The third-order valence-electron chi connectivity index (χ3n) is 4.84. The number of hydrogen-bond donors (Lipinski definition) is 1. The Kier molecular flexibility index (Phi) is 5.28. The highest BCUT2D eigenvalue weighted by Gasteiger charge is 2.31. The van der Waals surface area contributed by atoms with Crippen LogP contribution in [0.2, 0.25) is 0 Å². The number of nitriles is 1. The molecule has 25 heavy (non-hydrogen) atoms. The van der Waals surface area contributed by atoms with Gasteiger partial charge in [-0.2, -0.15) is 5.26 Å². The number of fused-ring (bicyclic) bond motifs is 1. The van der Waals surface area contributed by atoms with E-state index in [2.05, 4.69) is 18.0 Å². The lowest BCUT2D eigenvalue weighted by Gasteiger charge is -2.23. The van der Waals surface area contributed by atoms with Gasteiger partial charge in [0, 0.05) is 29.6 Å². The molecule has 1 amide bonds. The summed E-state index contributed by atoms with van der Waals surface area (Å²) in [5.74, 6) is 0.795. The number of carbonyl (C=O) groups excluding carboxylic acids is 1. The third kappa shape index (κ3) is 3.63. The van der Waals surface area contributed by atoms with E-state index in [1.165, 1.54) is 0 Å². The zero-order valence-corrected chi connectivity index (χ0v) is 14.9. The van der Waals surface area contributed by atoms with Crippen LogP contribution in [0.4, 0.5) is 0 Å². The molecule has 1 N–H and O–H groups in total. The Morgan fingerprint density at radius 1 is 1.52 bits per heavy atom. The molecule has 2 atom stereocenters. The number of carbonyl (C=O) groups is 1. The molecular weight excluding hydrogens is 314 g/mol. The molecule has 5 nitrogen and oxygen atoms in total. The molecular formula is C20H25N3O2. The molecule has 0 bridgehead atoms. The van der Waals surface area contributed by atoms with Gasteiger partial charge in [0.2, 0.25) is 5.91 Å². The van der Waals surface area contributed by atoms with Crippen molar-refractivity contribution < 1.29 is 9.53 Å². The van der Waals surface area contributed by atoms with E-state index in [0.717, 1.165) is 41.5 Å². The van der Waals surface area contributed by atoms with Crippen molar-refractivity contribution in [3.8, 4) is 11.8 Å². The monoisotopic (exact) mass is 339 g/mol. The van der Waals surface area contributed by atoms with Crippen molar-refractivity contribution in [3.63, 3.8) is 0 Å². The van der Waals surface area contributed by atoms with Crippen molar-refractivity contribution in [3.05, 3.63) is 30.0 Å². The molecule has 132 valence electrons. The smallest absolute Gasteiger partial charge is 0.226 e. The molecule has 5 heteroatoms. The van der Waals surface area contributed by atoms with Gasteiger partial charge in [0.1, 0.15) is 11.8 Å². The molecule has 2 heterocycles. The highest BCUT2D eigenvalue weighted by Crippen LogP contribution is 2.27. The second-order valence-electron chi connectivity index (χ2n) is 6.79. The van der Waals surface area contributed by atoms with Crippen molar-refractivity contribution in [1.29, 1.82) is 5.26 Å². The van der Waals surface area contributed by atoms with Crippen LogP contribution in [0.1, 0.15) is 38.7 Å². The largest absolute Gasteiger partial charge is 0.494 e. The Morgan fingerprint density at radius 3 is 3.12 bits per heavy atom. The van der Waals surface area contributed by atoms with E-state index in [-0.39, 0.29) is 17.9 Å². The predicted octanol–water partition coefficient (Wildman–Crippen LogP) is 3.65. The van der Waals surface area contributed by atoms with Crippen LogP contribution < -0.4 is 4.74 Å². The Bertz CT molecular complexity index is 790. The summed E-state index contributed by atoms with van der Waals surface area (Å²) in [6.07, 6.45) is 5.32. The van der Waals surface area contributed by atoms with E-state index in [4.69, 9.17) is 4.74 Å². The predicted molar refractivity (Wildman–Crippen MR) is 97.3 cm³/mol. The van der Waals surface area contributed by atoms with Crippen molar-refractivity contribution in [2.45, 2.75) is 45.6 Å². The molecule has 0 saturated carbocycles. The molecule has 1 aliphatic heterocycles. The summed E-state index contributed by atoms with van der Waals surface area (Å²) >= 11 is 0. The molecule has 0 aliphatic carbocycles. The highest BCUT2D eigenvalue weighted by atomic mass is 16.5. The first-order valence-corrected chi connectivity index (χ1v) is 9.07. The van der Waals surface area contributed by atoms with Gasteiger partial charge in [-0.25, -0.2) is 0 Å². The van der Waals surface area contributed by atoms with Crippen LogP contribution in [-0.4, -0.2) is 35.0 Å². The number of nitrogens with zero attached hydrogens (tertiary/aromatic N) is 2. The van der Waals surface area contributed by atoms with Gasteiger partial charge in [0.05, 0.1) is 12.7 Å². The van der Waals surface area contributed by atoms with Crippen molar-refractivity contribution >= 4 is 16.8 Å². The first kappa shape index (κ1) is 17.3. The van der Waals surface area contributed by atoms with Gasteiger partial charge in [-0.1, -0.05) is 13.8 Å².